The van der Waals surface area contributed by atoms with Crippen LogP contribution < -0.4 is 5.32 Å². The van der Waals surface area contributed by atoms with Gasteiger partial charge in [0.1, 0.15) is 12.6 Å². The van der Waals surface area contributed by atoms with E-state index in [1.807, 2.05) is 24.3 Å². The van der Waals surface area contributed by atoms with E-state index in [2.05, 4.69) is 43.4 Å². The van der Waals surface area contributed by atoms with Gasteiger partial charge in [0, 0.05) is 5.92 Å². The minimum absolute atomic E-state index is 0.0422. The molecular formula is C25H31NO4. The number of hydrogen-bond acceptors (Lipinski definition) is 3. The smallest absolute Gasteiger partial charge is 0.407 e. The fourth-order valence-electron chi connectivity index (χ4n) is 4.32. The van der Waals surface area contributed by atoms with Crippen LogP contribution in [0.4, 0.5) is 4.79 Å². The average Bonchev–Trinajstić information content (AvgIpc) is 3.08. The summed E-state index contributed by atoms with van der Waals surface area (Å²) in [6.45, 7) is 4.36. The molecule has 5 nitrogen and oxygen atoms in total. The van der Waals surface area contributed by atoms with Gasteiger partial charge in [-0.1, -0.05) is 88.1 Å². The highest BCUT2D eigenvalue weighted by Gasteiger charge is 2.30. The molecule has 2 unspecified atom stereocenters. The van der Waals surface area contributed by atoms with Crippen molar-refractivity contribution in [1.29, 1.82) is 0 Å². The summed E-state index contributed by atoms with van der Waals surface area (Å²) in [5.74, 6) is -0.780. The number of carboxylic acid groups (broad SMARTS) is 1. The van der Waals surface area contributed by atoms with Crippen LogP contribution in [0.15, 0.2) is 48.5 Å². The van der Waals surface area contributed by atoms with Gasteiger partial charge < -0.3 is 15.2 Å². The molecule has 0 spiro atoms. The van der Waals surface area contributed by atoms with Gasteiger partial charge >= 0.3 is 12.1 Å². The summed E-state index contributed by atoms with van der Waals surface area (Å²) in [7, 11) is 0. The summed E-state index contributed by atoms with van der Waals surface area (Å²) in [4.78, 5) is 24.1. The summed E-state index contributed by atoms with van der Waals surface area (Å²) in [5.41, 5.74) is 4.58. The maximum atomic E-state index is 12.4. The molecule has 0 saturated carbocycles. The summed E-state index contributed by atoms with van der Waals surface area (Å²) in [6, 6.07) is 15.3. The number of nitrogens with one attached hydrogen (secondary N) is 1. The molecule has 1 aliphatic carbocycles. The van der Waals surface area contributed by atoms with E-state index in [-0.39, 0.29) is 18.4 Å². The minimum atomic E-state index is -1.02. The van der Waals surface area contributed by atoms with Crippen LogP contribution in [0.1, 0.15) is 63.0 Å². The molecule has 2 atom stereocenters. The van der Waals surface area contributed by atoms with E-state index in [1.165, 1.54) is 0 Å². The van der Waals surface area contributed by atoms with Crippen LogP contribution in [0.3, 0.4) is 0 Å². The van der Waals surface area contributed by atoms with Crippen molar-refractivity contribution in [3.05, 3.63) is 59.7 Å². The Morgan fingerprint density at radius 2 is 1.63 bits per heavy atom. The molecule has 30 heavy (non-hydrogen) atoms. The lowest BCUT2D eigenvalue weighted by atomic mass is 9.92. The summed E-state index contributed by atoms with van der Waals surface area (Å²) < 4.78 is 5.50. The Morgan fingerprint density at radius 1 is 1.03 bits per heavy atom. The van der Waals surface area contributed by atoms with Crippen molar-refractivity contribution >= 4 is 12.1 Å². The van der Waals surface area contributed by atoms with E-state index >= 15 is 0 Å². The topological polar surface area (TPSA) is 75.6 Å². The number of carbonyl (C=O) groups excluding carboxylic acids is 1. The number of benzene rings is 2. The van der Waals surface area contributed by atoms with Crippen LogP contribution in [0.5, 0.6) is 0 Å². The van der Waals surface area contributed by atoms with Gasteiger partial charge in [-0.2, -0.15) is 0 Å². The van der Waals surface area contributed by atoms with Crippen molar-refractivity contribution in [2.24, 2.45) is 5.92 Å². The molecule has 0 aromatic heterocycles. The Balaban J connectivity index is 1.63. The predicted molar refractivity (Wildman–Crippen MR) is 118 cm³/mol. The van der Waals surface area contributed by atoms with Crippen LogP contribution in [0, 0.1) is 5.92 Å². The van der Waals surface area contributed by atoms with Gasteiger partial charge in [-0.3, -0.25) is 0 Å². The second kappa shape index (κ2) is 10.3. The molecule has 2 aromatic carbocycles. The van der Waals surface area contributed by atoms with Crippen molar-refractivity contribution in [1.82, 2.24) is 5.32 Å². The van der Waals surface area contributed by atoms with Gasteiger partial charge in [-0.05, 0) is 34.6 Å². The largest absolute Gasteiger partial charge is 0.480 e. The molecular weight excluding hydrogens is 378 g/mol. The maximum absolute atomic E-state index is 12.4. The first-order valence-corrected chi connectivity index (χ1v) is 10.9. The number of aliphatic carboxylic acids is 1. The third-order valence-electron chi connectivity index (χ3n) is 6.05. The van der Waals surface area contributed by atoms with E-state index in [0.29, 0.717) is 6.42 Å². The quantitative estimate of drug-likeness (QED) is 0.537. The van der Waals surface area contributed by atoms with Gasteiger partial charge in [0.2, 0.25) is 0 Å². The fourth-order valence-corrected chi connectivity index (χ4v) is 4.32. The Morgan fingerprint density at radius 3 is 2.17 bits per heavy atom. The number of rotatable bonds is 10. The van der Waals surface area contributed by atoms with Crippen LogP contribution in [-0.4, -0.2) is 29.8 Å². The van der Waals surface area contributed by atoms with Crippen LogP contribution in [0.25, 0.3) is 11.1 Å². The molecule has 0 fully saturated rings. The molecule has 5 heteroatoms. The maximum Gasteiger partial charge on any atom is 0.407 e. The van der Waals surface area contributed by atoms with Crippen molar-refractivity contribution in [2.45, 2.75) is 57.9 Å². The zero-order chi connectivity index (χ0) is 21.5. The van der Waals surface area contributed by atoms with E-state index in [0.717, 1.165) is 47.9 Å². The molecule has 2 aromatic rings. The Bertz CT molecular complexity index is 833. The van der Waals surface area contributed by atoms with Crippen molar-refractivity contribution in [3.8, 4) is 11.1 Å². The number of carbonyl (C=O) groups is 2. The molecule has 0 aliphatic heterocycles. The highest BCUT2D eigenvalue weighted by atomic mass is 16.5. The first kappa shape index (κ1) is 21.9. The normalized spacial score (nSPS) is 14.5. The lowest BCUT2D eigenvalue weighted by Gasteiger charge is -2.21. The lowest BCUT2D eigenvalue weighted by molar-refractivity contribution is -0.139. The number of fused-ring (bicyclic) bond motifs is 3. The molecule has 160 valence electrons. The first-order chi connectivity index (χ1) is 14.5. The zero-order valence-electron chi connectivity index (χ0n) is 17.8. The van der Waals surface area contributed by atoms with E-state index in [1.54, 1.807) is 0 Å². The number of carboxylic acids is 1. The monoisotopic (exact) mass is 409 g/mol. The van der Waals surface area contributed by atoms with Crippen molar-refractivity contribution in [3.63, 3.8) is 0 Å². The summed E-state index contributed by atoms with van der Waals surface area (Å²) >= 11 is 0. The SMILES string of the molecule is CCCCC(CC)CC(NC(=O)OCC1c2ccccc2-c2ccccc21)C(=O)O. The van der Waals surface area contributed by atoms with Gasteiger partial charge in [0.05, 0.1) is 0 Å². The van der Waals surface area contributed by atoms with Gasteiger partial charge in [0.15, 0.2) is 0 Å². The Labute approximate surface area is 178 Å². The standard InChI is InChI=1S/C25H31NO4/c1-3-5-10-17(4-2)15-23(24(27)28)26-25(29)30-16-22-20-13-8-6-11-18(20)19-12-7-9-14-21(19)22/h6-9,11-14,17,22-23H,3-5,10,15-16H2,1-2H3,(H,26,29)(H,27,28). The van der Waals surface area contributed by atoms with E-state index in [9.17, 15) is 14.7 Å². The molecule has 1 aliphatic rings. The summed E-state index contributed by atoms with van der Waals surface area (Å²) in [5, 5.41) is 12.1. The zero-order valence-corrected chi connectivity index (χ0v) is 17.8. The van der Waals surface area contributed by atoms with E-state index < -0.39 is 18.1 Å². The molecule has 3 rings (SSSR count). The summed E-state index contributed by atoms with van der Waals surface area (Å²) in [6.07, 6.45) is 3.77. The lowest BCUT2D eigenvalue weighted by Crippen LogP contribution is -2.42. The third kappa shape index (κ3) is 5.02. The third-order valence-corrected chi connectivity index (χ3v) is 6.05. The second-order valence-corrected chi connectivity index (χ2v) is 8.01. The van der Waals surface area contributed by atoms with Crippen molar-refractivity contribution in [2.75, 3.05) is 6.61 Å². The van der Waals surface area contributed by atoms with Crippen LogP contribution >= 0.6 is 0 Å². The van der Waals surface area contributed by atoms with Gasteiger partial charge in [0.25, 0.3) is 0 Å². The number of ether oxygens (including phenoxy) is 1. The van der Waals surface area contributed by atoms with Crippen LogP contribution in [0.2, 0.25) is 0 Å². The molecule has 2 N–H and O–H groups in total. The molecule has 0 saturated heterocycles. The number of alkyl carbamates (subject to hydrolysis) is 1. The van der Waals surface area contributed by atoms with Gasteiger partial charge in [-0.15, -0.1) is 0 Å². The highest BCUT2D eigenvalue weighted by molar-refractivity contribution is 5.81. The number of amides is 1. The van der Waals surface area contributed by atoms with Crippen molar-refractivity contribution < 1.29 is 19.4 Å². The Kier molecular flexibility index (Phi) is 7.50. The molecule has 1 amide bonds. The molecule has 0 heterocycles. The molecule has 0 radical (unpaired) electrons. The number of hydrogen-bond donors (Lipinski definition) is 2. The first-order valence-electron chi connectivity index (χ1n) is 10.9. The Hall–Kier alpha value is -2.82. The number of unbranched alkanes of at least 4 members (excludes halogenated alkanes) is 1. The van der Waals surface area contributed by atoms with Gasteiger partial charge in [-0.25, -0.2) is 9.59 Å². The minimum Gasteiger partial charge on any atom is -0.480 e. The van der Waals surface area contributed by atoms with Crippen LogP contribution in [-0.2, 0) is 9.53 Å². The van der Waals surface area contributed by atoms with E-state index in [4.69, 9.17) is 4.74 Å². The fraction of sp³-hybridized carbons (Fsp3) is 0.440. The highest BCUT2D eigenvalue weighted by Crippen LogP contribution is 2.44. The molecule has 0 bridgehead atoms. The second-order valence-electron chi connectivity index (χ2n) is 8.01. The predicted octanol–water partition coefficient (Wildman–Crippen LogP) is 5.58. The average molecular weight is 410 g/mol.